The normalized spacial score (nSPS) is 21.7. The van der Waals surface area contributed by atoms with Crippen LogP contribution in [0.25, 0.3) is 0 Å². The minimum absolute atomic E-state index is 0.146. The maximum Gasteiger partial charge on any atom is 0.165 e. The number of methoxy groups -OCH3 is 1. The molecule has 0 aromatic carbocycles. The van der Waals surface area contributed by atoms with Crippen LogP contribution in [0.5, 0.6) is 0 Å². The van der Waals surface area contributed by atoms with Gasteiger partial charge in [-0.1, -0.05) is 13.0 Å². The Bertz CT molecular complexity index is 236. The van der Waals surface area contributed by atoms with Crippen LogP contribution in [0.3, 0.4) is 0 Å². The molecule has 1 fully saturated rings. The van der Waals surface area contributed by atoms with Crippen molar-refractivity contribution in [1.29, 1.82) is 0 Å². The van der Waals surface area contributed by atoms with E-state index in [1.165, 1.54) is 0 Å². The highest BCUT2D eigenvalue weighted by atomic mass is 16.7. The summed E-state index contributed by atoms with van der Waals surface area (Å²) in [5.41, 5.74) is 0. The summed E-state index contributed by atoms with van der Waals surface area (Å²) in [6.07, 6.45) is 4.75. The van der Waals surface area contributed by atoms with E-state index in [2.05, 4.69) is 13.5 Å². The molecule has 0 aromatic rings. The van der Waals surface area contributed by atoms with Crippen molar-refractivity contribution in [2.24, 2.45) is 5.92 Å². The fourth-order valence-corrected chi connectivity index (χ4v) is 2.21. The molecule has 0 amide bonds. The van der Waals surface area contributed by atoms with E-state index in [0.717, 1.165) is 19.3 Å². The number of hydrogen-bond donors (Lipinski definition) is 0. The summed E-state index contributed by atoms with van der Waals surface area (Å²) in [5.74, 6) is -0.0228. The summed E-state index contributed by atoms with van der Waals surface area (Å²) in [7, 11) is 1.64. The molecule has 0 bridgehead atoms. The van der Waals surface area contributed by atoms with Crippen molar-refractivity contribution in [3.05, 3.63) is 12.7 Å². The van der Waals surface area contributed by atoms with Crippen molar-refractivity contribution in [3.8, 4) is 0 Å². The standard InChI is InChI=1S/C14H26O4/c1-5-6-12(2)13(16-11-15-4)7-8-14(3)17-9-10-18-14/h5,12-13H,1,6-11H2,2-4H3/t12-,13-/m0/s1. The third kappa shape index (κ3) is 5.06. The third-order valence-corrected chi connectivity index (χ3v) is 3.35. The summed E-state index contributed by atoms with van der Waals surface area (Å²) in [4.78, 5) is 0. The van der Waals surface area contributed by atoms with Gasteiger partial charge < -0.3 is 18.9 Å². The van der Waals surface area contributed by atoms with E-state index in [1.807, 2.05) is 13.0 Å². The van der Waals surface area contributed by atoms with E-state index in [1.54, 1.807) is 7.11 Å². The summed E-state index contributed by atoms with van der Waals surface area (Å²) < 4.78 is 21.9. The van der Waals surface area contributed by atoms with Crippen molar-refractivity contribution in [1.82, 2.24) is 0 Å². The van der Waals surface area contributed by atoms with Gasteiger partial charge in [0.25, 0.3) is 0 Å². The highest BCUT2D eigenvalue weighted by Gasteiger charge is 2.32. The van der Waals surface area contributed by atoms with Crippen molar-refractivity contribution >= 4 is 0 Å². The van der Waals surface area contributed by atoms with Gasteiger partial charge in [0.05, 0.1) is 19.3 Å². The molecule has 1 aliphatic rings. The van der Waals surface area contributed by atoms with E-state index in [4.69, 9.17) is 18.9 Å². The molecular weight excluding hydrogens is 232 g/mol. The molecule has 0 unspecified atom stereocenters. The molecule has 1 aliphatic heterocycles. The maximum atomic E-state index is 5.73. The minimum Gasteiger partial charge on any atom is -0.359 e. The summed E-state index contributed by atoms with van der Waals surface area (Å²) >= 11 is 0. The molecule has 1 rings (SSSR count). The first-order valence-electron chi connectivity index (χ1n) is 6.60. The van der Waals surface area contributed by atoms with Gasteiger partial charge in [-0.05, 0) is 25.7 Å². The lowest BCUT2D eigenvalue weighted by molar-refractivity contribution is -0.160. The smallest absolute Gasteiger partial charge is 0.165 e. The fraction of sp³-hybridized carbons (Fsp3) is 0.857. The van der Waals surface area contributed by atoms with Crippen molar-refractivity contribution in [2.45, 2.75) is 45.0 Å². The second-order valence-corrected chi connectivity index (χ2v) is 4.98. The van der Waals surface area contributed by atoms with Crippen LogP contribution in [0.15, 0.2) is 12.7 Å². The Hall–Kier alpha value is -0.420. The Morgan fingerprint density at radius 1 is 1.39 bits per heavy atom. The molecule has 4 nitrogen and oxygen atoms in total. The largest absolute Gasteiger partial charge is 0.359 e. The number of allylic oxidation sites excluding steroid dienone is 1. The van der Waals surface area contributed by atoms with Crippen LogP contribution < -0.4 is 0 Å². The van der Waals surface area contributed by atoms with Crippen molar-refractivity contribution in [2.75, 3.05) is 27.1 Å². The highest BCUT2D eigenvalue weighted by Crippen LogP contribution is 2.27. The first-order chi connectivity index (χ1) is 8.61. The predicted octanol–water partition coefficient (Wildman–Crippen LogP) is 2.73. The van der Waals surface area contributed by atoms with E-state index in [9.17, 15) is 0 Å². The summed E-state index contributed by atoms with van der Waals surface area (Å²) in [6, 6.07) is 0. The Kier molecular flexibility index (Phi) is 6.86. The van der Waals surface area contributed by atoms with Crippen LogP contribution in [-0.2, 0) is 18.9 Å². The van der Waals surface area contributed by atoms with Crippen LogP contribution in [-0.4, -0.2) is 39.0 Å². The molecule has 18 heavy (non-hydrogen) atoms. The second kappa shape index (κ2) is 7.89. The van der Waals surface area contributed by atoms with Gasteiger partial charge in [-0.25, -0.2) is 0 Å². The van der Waals surface area contributed by atoms with E-state index >= 15 is 0 Å². The van der Waals surface area contributed by atoms with E-state index in [0.29, 0.717) is 25.9 Å². The van der Waals surface area contributed by atoms with Gasteiger partial charge in [-0.3, -0.25) is 0 Å². The Morgan fingerprint density at radius 2 is 2.06 bits per heavy atom. The molecule has 2 atom stereocenters. The topological polar surface area (TPSA) is 36.9 Å². The summed E-state index contributed by atoms with van der Waals surface area (Å²) in [5, 5.41) is 0. The molecule has 106 valence electrons. The SMILES string of the molecule is C=CC[C@H](C)[C@H](CCC1(C)OCCO1)OCOC. The van der Waals surface area contributed by atoms with Gasteiger partial charge in [-0.15, -0.1) is 6.58 Å². The Labute approximate surface area is 110 Å². The second-order valence-electron chi connectivity index (χ2n) is 4.98. The Balaban J connectivity index is 2.41. The third-order valence-electron chi connectivity index (χ3n) is 3.35. The highest BCUT2D eigenvalue weighted by molar-refractivity contribution is 4.78. The van der Waals surface area contributed by atoms with Gasteiger partial charge in [0.2, 0.25) is 0 Å². The van der Waals surface area contributed by atoms with Crippen LogP contribution >= 0.6 is 0 Å². The number of rotatable bonds is 9. The first-order valence-corrected chi connectivity index (χ1v) is 6.60. The molecule has 0 radical (unpaired) electrons. The van der Waals surface area contributed by atoms with Gasteiger partial charge in [0.1, 0.15) is 6.79 Å². The van der Waals surface area contributed by atoms with Crippen LogP contribution in [0, 0.1) is 5.92 Å². The maximum absolute atomic E-state index is 5.73. The molecular formula is C14H26O4. The van der Waals surface area contributed by atoms with Gasteiger partial charge in [0, 0.05) is 13.5 Å². The zero-order valence-electron chi connectivity index (χ0n) is 11.8. The number of ether oxygens (including phenoxy) is 4. The molecule has 0 saturated carbocycles. The van der Waals surface area contributed by atoms with Crippen LogP contribution in [0.4, 0.5) is 0 Å². The molecule has 0 spiro atoms. The molecule has 1 heterocycles. The average molecular weight is 258 g/mol. The lowest BCUT2D eigenvalue weighted by atomic mass is 9.95. The lowest BCUT2D eigenvalue weighted by Gasteiger charge is -2.28. The average Bonchev–Trinajstić information content (AvgIpc) is 2.77. The lowest BCUT2D eigenvalue weighted by Crippen LogP contribution is -2.30. The summed E-state index contributed by atoms with van der Waals surface area (Å²) in [6.45, 7) is 9.63. The van der Waals surface area contributed by atoms with Gasteiger partial charge >= 0.3 is 0 Å². The molecule has 4 heteroatoms. The van der Waals surface area contributed by atoms with E-state index < -0.39 is 5.79 Å². The Morgan fingerprint density at radius 3 is 2.61 bits per heavy atom. The molecule has 0 aromatic heterocycles. The predicted molar refractivity (Wildman–Crippen MR) is 70.3 cm³/mol. The molecule has 0 N–H and O–H groups in total. The van der Waals surface area contributed by atoms with Gasteiger partial charge in [-0.2, -0.15) is 0 Å². The first kappa shape index (κ1) is 15.6. The zero-order valence-corrected chi connectivity index (χ0v) is 11.8. The van der Waals surface area contributed by atoms with Crippen molar-refractivity contribution < 1.29 is 18.9 Å². The van der Waals surface area contributed by atoms with Crippen LogP contribution in [0.2, 0.25) is 0 Å². The van der Waals surface area contributed by atoms with Crippen molar-refractivity contribution in [3.63, 3.8) is 0 Å². The van der Waals surface area contributed by atoms with E-state index in [-0.39, 0.29) is 6.10 Å². The van der Waals surface area contributed by atoms with Crippen LogP contribution in [0.1, 0.15) is 33.1 Å². The monoisotopic (exact) mass is 258 g/mol. The molecule has 0 aliphatic carbocycles. The molecule has 1 saturated heterocycles. The zero-order chi connectivity index (χ0) is 13.4. The van der Waals surface area contributed by atoms with Gasteiger partial charge in [0.15, 0.2) is 5.79 Å². The quantitative estimate of drug-likeness (QED) is 0.471. The number of hydrogen-bond acceptors (Lipinski definition) is 4. The fourth-order valence-electron chi connectivity index (χ4n) is 2.21. The minimum atomic E-state index is -0.442.